The molecule has 1 saturated heterocycles. The third kappa shape index (κ3) is 12.3. The molecule has 55 heavy (non-hydrogen) atoms. The van der Waals surface area contributed by atoms with Gasteiger partial charge in [-0.1, -0.05) is 113 Å². The second kappa shape index (κ2) is 20.2. The molecule has 0 aliphatic carbocycles. The summed E-state index contributed by atoms with van der Waals surface area (Å²) in [5, 5.41) is 22.0. The van der Waals surface area contributed by atoms with Gasteiger partial charge >= 0.3 is 11.9 Å². The first-order valence-corrected chi connectivity index (χ1v) is 18.4. The Balaban J connectivity index is 1.56. The lowest BCUT2D eigenvalue weighted by molar-refractivity contribution is -0.0457. The number of rotatable bonds is 5. The van der Waals surface area contributed by atoms with Crippen LogP contribution in [0.5, 0.6) is 0 Å². The number of cyclic esters (lactones) is 2. The molecule has 7 atom stereocenters. The minimum atomic E-state index is -0.883. The van der Waals surface area contributed by atoms with Crippen LogP contribution in [0, 0.1) is 10.8 Å². The van der Waals surface area contributed by atoms with Crippen molar-refractivity contribution in [2.45, 2.75) is 104 Å². The van der Waals surface area contributed by atoms with E-state index in [1.54, 1.807) is 49.6 Å². The summed E-state index contributed by atoms with van der Waals surface area (Å²) < 4.78 is 34.2. The van der Waals surface area contributed by atoms with Crippen LogP contribution in [-0.2, 0) is 25.4 Å². The number of esters is 2. The van der Waals surface area contributed by atoms with E-state index in [1.165, 1.54) is 12.5 Å². The van der Waals surface area contributed by atoms with Crippen molar-refractivity contribution in [3.63, 3.8) is 0 Å². The fraction of sp³-hybridized carbons (Fsp3) is 0.442. The minimum Gasteiger partial charge on any atom is -0.457 e. The molecular formula is C43H54N2O10. The molecule has 1 fully saturated rings. The molecule has 0 aromatic carbocycles. The van der Waals surface area contributed by atoms with E-state index < -0.39 is 53.3 Å². The quantitative estimate of drug-likeness (QED) is 0.178. The van der Waals surface area contributed by atoms with Crippen LogP contribution in [0.3, 0.4) is 0 Å². The summed E-state index contributed by atoms with van der Waals surface area (Å²) >= 11 is 0. The zero-order valence-corrected chi connectivity index (χ0v) is 32.6. The van der Waals surface area contributed by atoms with Gasteiger partial charge in [0.15, 0.2) is 17.3 Å². The van der Waals surface area contributed by atoms with Crippen molar-refractivity contribution in [3.05, 3.63) is 127 Å². The Morgan fingerprint density at radius 2 is 1.56 bits per heavy atom. The molecular weight excluding hydrogens is 704 g/mol. The molecule has 2 aliphatic heterocycles. The summed E-state index contributed by atoms with van der Waals surface area (Å²) in [4.78, 5) is 35.0. The lowest BCUT2D eigenvalue weighted by Gasteiger charge is -2.36. The number of ether oxygens (including phenoxy) is 4. The third-order valence-corrected chi connectivity index (χ3v) is 9.62. The standard InChI is InChI=1S/C43H54N2O10/c1-8-18-34(46)42(3,4)37-24-17-22-33-32(53-33)21-15-16-25-38-44-30(27-51-38)40(48)54-36(19-9-2)43(5,6)35(47)23-14-12-10-11-13-20-29(50-7)26-39-45-31(28-52-39)41(49)55-37/h8-22,25,27-29,32-37,46-47H,23-24,26H2,1-7H3/t29-,32+,33-,34-,35-,36+,37-/m0/s1. The number of methoxy groups -OCH3 is 1. The molecule has 2 aromatic rings. The second-order valence-corrected chi connectivity index (χ2v) is 14.5. The fourth-order valence-electron chi connectivity index (χ4n) is 5.65. The molecule has 12 nitrogen and oxygen atoms in total. The zero-order chi connectivity index (χ0) is 40.0. The van der Waals surface area contributed by atoms with E-state index in [4.69, 9.17) is 27.8 Å². The van der Waals surface area contributed by atoms with Crippen LogP contribution in [0.2, 0.25) is 0 Å². The van der Waals surface area contributed by atoms with Crippen LogP contribution < -0.4 is 0 Å². The van der Waals surface area contributed by atoms with E-state index in [1.807, 2.05) is 96.2 Å². The number of nitrogens with zero attached hydrogens (tertiary/aromatic N) is 2. The number of oxazole rings is 2. The number of carbonyl (C=O) groups excluding carboxylic acids is 2. The van der Waals surface area contributed by atoms with Gasteiger partial charge in [0.25, 0.3) is 0 Å². The maximum atomic E-state index is 13.3. The second-order valence-electron chi connectivity index (χ2n) is 14.5. The maximum Gasteiger partial charge on any atom is 0.360 e. The summed E-state index contributed by atoms with van der Waals surface area (Å²) in [5.41, 5.74) is -1.66. The first-order chi connectivity index (χ1) is 26.3. The zero-order valence-electron chi connectivity index (χ0n) is 32.6. The maximum absolute atomic E-state index is 13.3. The van der Waals surface area contributed by atoms with E-state index in [9.17, 15) is 19.8 Å². The molecule has 0 spiro atoms. The lowest BCUT2D eigenvalue weighted by Crippen LogP contribution is -2.42. The van der Waals surface area contributed by atoms with E-state index in [0.717, 1.165) is 0 Å². The van der Waals surface area contributed by atoms with Gasteiger partial charge in [-0.15, -0.1) is 0 Å². The number of hydrogen-bond acceptors (Lipinski definition) is 12. The Hall–Kier alpha value is -4.88. The topological polar surface area (TPSA) is 167 Å². The van der Waals surface area contributed by atoms with E-state index in [2.05, 4.69) is 9.97 Å². The molecule has 12 heteroatoms. The number of carbonyl (C=O) groups is 2. The predicted molar refractivity (Wildman–Crippen MR) is 208 cm³/mol. The highest BCUT2D eigenvalue weighted by Gasteiger charge is 2.40. The van der Waals surface area contributed by atoms with Gasteiger partial charge < -0.3 is 38.0 Å². The number of aromatic nitrogens is 2. The molecule has 0 unspecified atom stereocenters. The van der Waals surface area contributed by atoms with Crippen LogP contribution >= 0.6 is 0 Å². The largest absolute Gasteiger partial charge is 0.457 e. The molecule has 0 saturated carbocycles. The summed E-state index contributed by atoms with van der Waals surface area (Å²) in [7, 11) is 1.56. The number of aliphatic hydroxyl groups is 2. The number of fused-ring (bicyclic) bond motifs is 5. The van der Waals surface area contributed by atoms with Crippen molar-refractivity contribution in [3.8, 4) is 0 Å². The van der Waals surface area contributed by atoms with Crippen LogP contribution in [-0.4, -0.2) is 82.0 Å². The van der Waals surface area contributed by atoms with E-state index >= 15 is 0 Å². The highest BCUT2D eigenvalue weighted by Crippen LogP contribution is 2.34. The van der Waals surface area contributed by atoms with Gasteiger partial charge in [-0.25, -0.2) is 19.6 Å². The van der Waals surface area contributed by atoms with Gasteiger partial charge in [-0.3, -0.25) is 0 Å². The molecule has 4 heterocycles. The van der Waals surface area contributed by atoms with Crippen molar-refractivity contribution in [2.75, 3.05) is 7.11 Å². The Labute approximate surface area is 323 Å². The average Bonchev–Trinajstić information content (AvgIpc) is 3.47. The Bertz CT molecular complexity index is 1800. The lowest BCUT2D eigenvalue weighted by atomic mass is 9.79. The molecule has 0 amide bonds. The summed E-state index contributed by atoms with van der Waals surface area (Å²) in [6.45, 7) is 11.0. The highest BCUT2D eigenvalue weighted by atomic mass is 16.6. The van der Waals surface area contributed by atoms with E-state index in [-0.39, 0.29) is 35.9 Å². The SMILES string of the molecule is CC=C[C@H](O)C(C)(C)[C@@H]1CC=C[C@@H]2O[C@@H]2C=CC=Cc2nc(co2)C(=O)O[C@H](C=CC)C(C)(C)[C@@H](O)CC=CC=CC=C[C@H](OC)Cc2nc(co2)C(=O)O1. The molecule has 4 bridgehead atoms. The molecule has 0 radical (unpaired) electrons. The van der Waals surface area contributed by atoms with Gasteiger partial charge in [-0.05, 0) is 26.3 Å². The summed E-state index contributed by atoms with van der Waals surface area (Å²) in [5.74, 6) is -0.829. The summed E-state index contributed by atoms with van der Waals surface area (Å²) in [6.07, 6.45) is 28.1. The van der Waals surface area contributed by atoms with Crippen molar-refractivity contribution in [1.82, 2.24) is 9.97 Å². The van der Waals surface area contributed by atoms with Crippen molar-refractivity contribution >= 4 is 18.0 Å². The van der Waals surface area contributed by atoms with Gasteiger partial charge in [0.1, 0.15) is 36.9 Å². The monoisotopic (exact) mass is 758 g/mol. The van der Waals surface area contributed by atoms with Gasteiger partial charge in [0.05, 0.1) is 24.7 Å². The highest BCUT2D eigenvalue weighted by molar-refractivity contribution is 5.87. The molecule has 2 aromatic heterocycles. The fourth-order valence-corrected chi connectivity index (χ4v) is 5.65. The number of aliphatic hydroxyl groups excluding tert-OH is 2. The molecule has 2 N–H and O–H groups in total. The van der Waals surface area contributed by atoms with Crippen molar-refractivity contribution in [1.29, 1.82) is 0 Å². The Kier molecular flexibility index (Phi) is 15.7. The van der Waals surface area contributed by atoms with Gasteiger partial charge in [0, 0.05) is 30.4 Å². The molecule has 4 rings (SSSR count). The Morgan fingerprint density at radius 3 is 2.31 bits per heavy atom. The molecule has 2 aliphatic rings. The van der Waals surface area contributed by atoms with Crippen molar-refractivity contribution in [2.24, 2.45) is 10.8 Å². The van der Waals surface area contributed by atoms with Crippen molar-refractivity contribution < 1.29 is 47.6 Å². The van der Waals surface area contributed by atoms with Crippen LogP contribution in [0.25, 0.3) is 6.08 Å². The van der Waals surface area contributed by atoms with Gasteiger partial charge in [-0.2, -0.15) is 0 Å². The minimum absolute atomic E-state index is 0.00854. The van der Waals surface area contributed by atoms with Crippen LogP contribution in [0.15, 0.2) is 113 Å². The van der Waals surface area contributed by atoms with Gasteiger partial charge in [0.2, 0.25) is 5.89 Å². The summed E-state index contributed by atoms with van der Waals surface area (Å²) in [6, 6.07) is 0. The number of epoxide rings is 1. The molecule has 296 valence electrons. The average molecular weight is 759 g/mol. The number of allylic oxidation sites excluding steroid dienone is 8. The predicted octanol–water partition coefficient (Wildman–Crippen LogP) is 7.25. The first-order valence-electron chi connectivity index (χ1n) is 18.4. The normalized spacial score (nSPS) is 26.6. The van der Waals surface area contributed by atoms with E-state index in [0.29, 0.717) is 18.7 Å². The first kappa shape index (κ1) is 42.9. The third-order valence-electron chi connectivity index (χ3n) is 9.62. The Morgan fingerprint density at radius 1 is 0.873 bits per heavy atom. The van der Waals surface area contributed by atoms with Crippen LogP contribution in [0.1, 0.15) is 87.1 Å². The number of hydrogen-bond donors (Lipinski definition) is 2. The smallest absolute Gasteiger partial charge is 0.360 e. The van der Waals surface area contributed by atoms with Crippen LogP contribution in [0.4, 0.5) is 0 Å².